The number of ether oxygens (including phenoxy) is 1. The van der Waals surface area contributed by atoms with Crippen molar-refractivity contribution in [2.45, 2.75) is 26.8 Å². The summed E-state index contributed by atoms with van der Waals surface area (Å²) in [7, 11) is 0. The monoisotopic (exact) mass is 210 g/mol. The van der Waals surface area contributed by atoms with Gasteiger partial charge in [0.2, 0.25) is 0 Å². The van der Waals surface area contributed by atoms with E-state index in [0.717, 1.165) is 5.56 Å². The second-order valence-electron chi connectivity index (χ2n) is 3.22. The van der Waals surface area contributed by atoms with E-state index in [1.807, 2.05) is 0 Å². The fourth-order valence-corrected chi connectivity index (χ4v) is 1.18. The maximum atomic E-state index is 11.4. The molecule has 1 aromatic heterocycles. The van der Waals surface area contributed by atoms with Gasteiger partial charge in [-0.05, 0) is 26.3 Å². The van der Waals surface area contributed by atoms with Gasteiger partial charge in [0.1, 0.15) is 11.7 Å². The Morgan fingerprint density at radius 2 is 2.40 bits per heavy atom. The molecule has 5 nitrogen and oxygen atoms in total. The molecule has 1 aromatic rings. The van der Waals surface area contributed by atoms with E-state index >= 15 is 0 Å². The molecule has 0 amide bonds. The minimum atomic E-state index is -0.502. The van der Waals surface area contributed by atoms with E-state index in [0.29, 0.717) is 18.6 Å². The lowest BCUT2D eigenvalue weighted by molar-refractivity contribution is -0.146. The van der Waals surface area contributed by atoms with E-state index < -0.39 is 6.04 Å². The van der Waals surface area contributed by atoms with Crippen LogP contribution >= 0.6 is 0 Å². The summed E-state index contributed by atoms with van der Waals surface area (Å²) in [5.41, 5.74) is 1.10. The zero-order valence-corrected chi connectivity index (χ0v) is 9.06. The van der Waals surface area contributed by atoms with E-state index in [4.69, 9.17) is 4.74 Å². The highest BCUT2D eigenvalue weighted by molar-refractivity contribution is 5.75. The van der Waals surface area contributed by atoms with Crippen molar-refractivity contribution in [3.05, 3.63) is 17.5 Å². The molecule has 1 rings (SSSR count). The van der Waals surface area contributed by atoms with Crippen molar-refractivity contribution < 1.29 is 14.3 Å². The molecule has 0 bridgehead atoms. The molecule has 0 saturated carbocycles. The third kappa shape index (κ3) is 2.43. The third-order valence-electron chi connectivity index (χ3n) is 2.09. The summed E-state index contributed by atoms with van der Waals surface area (Å²) in [5, 5.41) is 3.98. The number of carbonyl (C=O) groups excluding carboxylic acids is 2. The highest BCUT2D eigenvalue weighted by Gasteiger charge is 2.18. The van der Waals surface area contributed by atoms with E-state index in [9.17, 15) is 9.59 Å². The molecule has 0 fully saturated rings. The van der Waals surface area contributed by atoms with E-state index in [1.54, 1.807) is 27.0 Å². The van der Waals surface area contributed by atoms with Crippen LogP contribution in [0.2, 0.25) is 0 Å². The van der Waals surface area contributed by atoms with Gasteiger partial charge < -0.3 is 4.74 Å². The van der Waals surface area contributed by atoms with Gasteiger partial charge in [0.05, 0.1) is 6.61 Å². The molecule has 0 spiro atoms. The summed E-state index contributed by atoms with van der Waals surface area (Å²) in [4.78, 5) is 21.9. The molecule has 0 aliphatic heterocycles. The van der Waals surface area contributed by atoms with Gasteiger partial charge in [-0.25, -0.2) is 4.79 Å². The fourth-order valence-electron chi connectivity index (χ4n) is 1.18. The Morgan fingerprint density at radius 1 is 1.73 bits per heavy atom. The standard InChI is InChI=1S/C10H14N2O3/c1-4-15-10(14)8(3)12-5-7(2)9(6-13)11-12/h5-6,8H,4H2,1-3H3. The molecule has 0 saturated heterocycles. The number of aldehydes is 1. The number of aryl methyl sites for hydroxylation is 1. The number of hydrogen-bond donors (Lipinski definition) is 0. The van der Waals surface area contributed by atoms with Gasteiger partial charge in [-0.3, -0.25) is 9.48 Å². The molecule has 82 valence electrons. The first kappa shape index (κ1) is 11.4. The Hall–Kier alpha value is -1.65. The zero-order chi connectivity index (χ0) is 11.4. The molecule has 1 heterocycles. The SMILES string of the molecule is CCOC(=O)C(C)n1cc(C)c(C=O)n1. The summed E-state index contributed by atoms with van der Waals surface area (Å²) >= 11 is 0. The number of nitrogens with zero attached hydrogens (tertiary/aromatic N) is 2. The highest BCUT2D eigenvalue weighted by Crippen LogP contribution is 2.10. The van der Waals surface area contributed by atoms with E-state index in [2.05, 4.69) is 5.10 Å². The summed E-state index contributed by atoms with van der Waals surface area (Å²) in [6.45, 7) is 5.53. The van der Waals surface area contributed by atoms with Crippen molar-refractivity contribution in [1.82, 2.24) is 9.78 Å². The third-order valence-corrected chi connectivity index (χ3v) is 2.09. The number of esters is 1. The number of rotatable bonds is 4. The molecular formula is C10H14N2O3. The molecule has 1 atom stereocenters. The van der Waals surface area contributed by atoms with Gasteiger partial charge >= 0.3 is 5.97 Å². The first-order valence-corrected chi connectivity index (χ1v) is 4.77. The van der Waals surface area contributed by atoms with Crippen LogP contribution in [0.15, 0.2) is 6.20 Å². The first-order chi connectivity index (χ1) is 7.10. The minimum Gasteiger partial charge on any atom is -0.464 e. The molecule has 1 unspecified atom stereocenters. The Morgan fingerprint density at radius 3 is 2.87 bits per heavy atom. The highest BCUT2D eigenvalue weighted by atomic mass is 16.5. The minimum absolute atomic E-state index is 0.337. The maximum Gasteiger partial charge on any atom is 0.330 e. The second kappa shape index (κ2) is 4.72. The summed E-state index contributed by atoms with van der Waals surface area (Å²) < 4.78 is 6.29. The molecule has 15 heavy (non-hydrogen) atoms. The van der Waals surface area contributed by atoms with Crippen LogP contribution in [0.3, 0.4) is 0 Å². The van der Waals surface area contributed by atoms with Crippen LogP contribution < -0.4 is 0 Å². The van der Waals surface area contributed by atoms with Gasteiger partial charge in [-0.15, -0.1) is 0 Å². The topological polar surface area (TPSA) is 61.2 Å². The van der Waals surface area contributed by atoms with Gasteiger partial charge in [-0.1, -0.05) is 0 Å². The van der Waals surface area contributed by atoms with Crippen LogP contribution in [0.5, 0.6) is 0 Å². The van der Waals surface area contributed by atoms with E-state index in [-0.39, 0.29) is 5.97 Å². The van der Waals surface area contributed by atoms with Crippen LogP contribution in [0.4, 0.5) is 0 Å². The number of aromatic nitrogens is 2. The van der Waals surface area contributed by atoms with Crippen LogP contribution in [0, 0.1) is 6.92 Å². The van der Waals surface area contributed by atoms with Gasteiger partial charge in [0.25, 0.3) is 0 Å². The smallest absolute Gasteiger partial charge is 0.330 e. The largest absolute Gasteiger partial charge is 0.464 e. The predicted octanol–water partition coefficient (Wildman–Crippen LogP) is 1.13. The molecule has 5 heteroatoms. The lowest BCUT2D eigenvalue weighted by Gasteiger charge is -2.10. The Kier molecular flexibility index (Phi) is 3.60. The number of carbonyl (C=O) groups is 2. The Balaban J connectivity index is 2.86. The average molecular weight is 210 g/mol. The van der Waals surface area contributed by atoms with Crippen molar-refractivity contribution in [3.63, 3.8) is 0 Å². The van der Waals surface area contributed by atoms with Gasteiger partial charge in [0.15, 0.2) is 6.29 Å². The lowest BCUT2D eigenvalue weighted by Crippen LogP contribution is -2.19. The molecule has 0 radical (unpaired) electrons. The molecular weight excluding hydrogens is 196 g/mol. The molecule has 0 aliphatic carbocycles. The molecule has 0 aliphatic rings. The summed E-state index contributed by atoms with van der Waals surface area (Å²) in [6, 6.07) is -0.502. The summed E-state index contributed by atoms with van der Waals surface area (Å²) in [6.07, 6.45) is 2.33. The fraction of sp³-hybridized carbons (Fsp3) is 0.500. The maximum absolute atomic E-state index is 11.4. The van der Waals surface area contributed by atoms with Crippen LogP contribution in [0.1, 0.15) is 35.9 Å². The van der Waals surface area contributed by atoms with Gasteiger partial charge in [-0.2, -0.15) is 5.10 Å². The zero-order valence-electron chi connectivity index (χ0n) is 9.06. The Bertz CT molecular complexity index is 371. The van der Waals surface area contributed by atoms with Crippen LogP contribution in [-0.2, 0) is 9.53 Å². The second-order valence-corrected chi connectivity index (χ2v) is 3.22. The summed E-state index contributed by atoms with van der Waals surface area (Å²) in [5.74, 6) is -0.350. The van der Waals surface area contributed by atoms with Gasteiger partial charge in [0, 0.05) is 6.20 Å². The van der Waals surface area contributed by atoms with Crippen molar-refractivity contribution >= 4 is 12.3 Å². The van der Waals surface area contributed by atoms with Crippen molar-refractivity contribution in [2.24, 2.45) is 0 Å². The Labute approximate surface area is 88.0 Å². The molecule has 0 aromatic carbocycles. The number of hydrogen-bond acceptors (Lipinski definition) is 4. The van der Waals surface area contributed by atoms with Crippen molar-refractivity contribution in [3.8, 4) is 0 Å². The van der Waals surface area contributed by atoms with Crippen molar-refractivity contribution in [2.75, 3.05) is 6.61 Å². The van der Waals surface area contributed by atoms with Crippen LogP contribution in [0.25, 0.3) is 0 Å². The van der Waals surface area contributed by atoms with Crippen molar-refractivity contribution in [1.29, 1.82) is 0 Å². The lowest BCUT2D eigenvalue weighted by atomic mass is 10.3. The van der Waals surface area contributed by atoms with E-state index in [1.165, 1.54) is 4.68 Å². The molecule has 0 N–H and O–H groups in total. The predicted molar refractivity (Wildman–Crippen MR) is 53.7 cm³/mol. The average Bonchev–Trinajstić information content (AvgIpc) is 2.59. The first-order valence-electron chi connectivity index (χ1n) is 4.77. The quantitative estimate of drug-likeness (QED) is 0.552. The van der Waals surface area contributed by atoms with Crippen LogP contribution in [-0.4, -0.2) is 28.6 Å². The normalized spacial score (nSPS) is 12.2.